The highest BCUT2D eigenvalue weighted by atomic mass is 14.0. The van der Waals surface area contributed by atoms with E-state index in [4.69, 9.17) is 0 Å². The van der Waals surface area contributed by atoms with Gasteiger partial charge in [0.25, 0.3) is 0 Å². The van der Waals surface area contributed by atoms with Crippen LogP contribution in [-0.2, 0) is 0 Å². The zero-order valence-corrected chi connectivity index (χ0v) is 13.5. The van der Waals surface area contributed by atoms with Gasteiger partial charge in [-0.1, -0.05) is 86.8 Å². The Labute approximate surface area is 119 Å². The lowest BCUT2D eigenvalue weighted by atomic mass is 10.00. The monoisotopic (exact) mass is 256 g/mol. The van der Waals surface area contributed by atoms with Crippen molar-refractivity contribution >= 4 is 0 Å². The van der Waals surface area contributed by atoms with Crippen LogP contribution >= 0.6 is 0 Å². The Morgan fingerprint density at radius 2 is 1.00 bits per heavy atom. The normalized spacial score (nSPS) is 8.79. The van der Waals surface area contributed by atoms with Crippen molar-refractivity contribution in [1.29, 1.82) is 0 Å². The number of rotatable bonds is 1. The van der Waals surface area contributed by atoms with E-state index in [1.807, 2.05) is 27.7 Å². The molecule has 2 aromatic carbocycles. The van der Waals surface area contributed by atoms with E-state index >= 15 is 0 Å². The van der Waals surface area contributed by atoms with Gasteiger partial charge in [-0.15, -0.1) is 0 Å². The summed E-state index contributed by atoms with van der Waals surface area (Å²) in [6, 6.07) is 15.3. The van der Waals surface area contributed by atoms with Gasteiger partial charge in [0, 0.05) is 0 Å². The van der Waals surface area contributed by atoms with Gasteiger partial charge in [0.05, 0.1) is 0 Å². The first kappa shape index (κ1) is 17.4. The van der Waals surface area contributed by atoms with Gasteiger partial charge in [-0.05, 0) is 31.9 Å². The Morgan fingerprint density at radius 1 is 0.526 bits per heavy atom. The maximum absolute atomic E-state index is 2.24. The van der Waals surface area contributed by atoms with Gasteiger partial charge in [0.15, 0.2) is 0 Å². The first-order valence-electron chi connectivity index (χ1n) is 7.30. The van der Waals surface area contributed by atoms with Crippen LogP contribution < -0.4 is 0 Å². The van der Waals surface area contributed by atoms with Crippen LogP contribution in [0.25, 0.3) is 11.1 Å². The van der Waals surface area contributed by atoms with Crippen molar-refractivity contribution in [2.75, 3.05) is 0 Å². The molecule has 0 saturated carbocycles. The molecule has 2 rings (SSSR count). The molecule has 0 fully saturated rings. The smallest absolute Gasteiger partial charge is 0.0179 e. The lowest BCUT2D eigenvalue weighted by Gasteiger charge is -2.06. The molecule has 104 valence electrons. The van der Waals surface area contributed by atoms with Crippen LogP contribution in [0.3, 0.4) is 0 Å². The van der Waals surface area contributed by atoms with Gasteiger partial charge in [-0.2, -0.15) is 0 Å². The van der Waals surface area contributed by atoms with Crippen molar-refractivity contribution in [3.05, 3.63) is 59.2 Å². The molecule has 0 aliphatic heterocycles. The average molecular weight is 256 g/mol. The molecule has 0 heterocycles. The molecule has 19 heavy (non-hydrogen) atoms. The minimum absolute atomic E-state index is 1.31. The van der Waals surface area contributed by atoms with E-state index in [0.717, 1.165) is 0 Å². The van der Waals surface area contributed by atoms with Gasteiger partial charge < -0.3 is 0 Å². The summed E-state index contributed by atoms with van der Waals surface area (Å²) < 4.78 is 0. The fraction of sp³-hybridized carbons (Fsp3) is 0.368. The van der Waals surface area contributed by atoms with Gasteiger partial charge >= 0.3 is 0 Å². The molecule has 0 saturated heterocycles. The fourth-order valence-corrected chi connectivity index (χ4v) is 1.97. The van der Waals surface area contributed by atoms with Crippen LogP contribution in [0.1, 0.15) is 44.4 Å². The zero-order chi connectivity index (χ0) is 14.8. The number of benzene rings is 2. The van der Waals surface area contributed by atoms with Gasteiger partial charge in [0.1, 0.15) is 0 Å². The molecule has 0 heteroatoms. The third kappa shape index (κ3) is 5.74. The second-order valence-corrected chi connectivity index (χ2v) is 4.25. The standard InChI is InChI=1S/C15H16.2C2H6/c1-11-5-4-6-14(8-11)15-9-12(2)7-13(3)10-15;2*1-2/h4-10H,1-3H3;2*1-2H3. The average Bonchev–Trinajstić information content (AvgIpc) is 2.42. The van der Waals surface area contributed by atoms with Crippen molar-refractivity contribution in [3.63, 3.8) is 0 Å². The Morgan fingerprint density at radius 3 is 1.47 bits per heavy atom. The van der Waals surface area contributed by atoms with Crippen molar-refractivity contribution in [2.24, 2.45) is 0 Å². The summed E-state index contributed by atoms with van der Waals surface area (Å²) >= 11 is 0. The topological polar surface area (TPSA) is 0 Å². The number of aryl methyl sites for hydroxylation is 3. The van der Waals surface area contributed by atoms with E-state index in [1.54, 1.807) is 0 Å². The summed E-state index contributed by atoms with van der Waals surface area (Å²) in [6.07, 6.45) is 0. The van der Waals surface area contributed by atoms with Crippen LogP contribution in [0.5, 0.6) is 0 Å². The van der Waals surface area contributed by atoms with Crippen LogP contribution in [0.2, 0.25) is 0 Å². The maximum Gasteiger partial charge on any atom is -0.0179 e. The van der Waals surface area contributed by atoms with Crippen molar-refractivity contribution in [2.45, 2.75) is 48.5 Å². The van der Waals surface area contributed by atoms with Crippen molar-refractivity contribution in [3.8, 4) is 11.1 Å². The summed E-state index contributed by atoms with van der Waals surface area (Å²) in [7, 11) is 0. The van der Waals surface area contributed by atoms with Crippen LogP contribution in [0, 0.1) is 20.8 Å². The van der Waals surface area contributed by atoms with Crippen molar-refractivity contribution in [1.82, 2.24) is 0 Å². The molecule has 0 amide bonds. The van der Waals surface area contributed by atoms with E-state index in [1.165, 1.54) is 27.8 Å². The fourth-order valence-electron chi connectivity index (χ4n) is 1.97. The lowest BCUT2D eigenvalue weighted by Crippen LogP contribution is -1.83. The molecule has 0 unspecified atom stereocenters. The van der Waals surface area contributed by atoms with Crippen molar-refractivity contribution < 1.29 is 0 Å². The second-order valence-electron chi connectivity index (χ2n) is 4.25. The third-order valence-electron chi connectivity index (χ3n) is 2.57. The SMILES string of the molecule is CC.CC.Cc1cccc(-c2cc(C)cc(C)c2)c1. The minimum Gasteiger partial charge on any atom is -0.0683 e. The maximum atomic E-state index is 2.24. The van der Waals surface area contributed by atoms with E-state index in [0.29, 0.717) is 0 Å². The molecule has 0 nitrogen and oxygen atoms in total. The Bertz CT molecular complexity index is 461. The first-order chi connectivity index (χ1) is 9.15. The highest BCUT2D eigenvalue weighted by Crippen LogP contribution is 2.22. The van der Waals surface area contributed by atoms with Crippen LogP contribution in [-0.4, -0.2) is 0 Å². The number of hydrogen-bond acceptors (Lipinski definition) is 0. The minimum atomic E-state index is 1.31. The molecule has 0 aliphatic carbocycles. The van der Waals surface area contributed by atoms with Gasteiger partial charge in [-0.3, -0.25) is 0 Å². The molecule has 2 aromatic rings. The molecule has 0 aliphatic rings. The third-order valence-corrected chi connectivity index (χ3v) is 2.57. The van der Waals surface area contributed by atoms with Crippen LogP contribution in [0.4, 0.5) is 0 Å². The quantitative estimate of drug-likeness (QED) is 0.559. The van der Waals surface area contributed by atoms with Gasteiger partial charge in [-0.25, -0.2) is 0 Å². The first-order valence-corrected chi connectivity index (χ1v) is 7.30. The molecule has 0 radical (unpaired) electrons. The van der Waals surface area contributed by atoms with E-state index in [-0.39, 0.29) is 0 Å². The molecular weight excluding hydrogens is 228 g/mol. The molecule has 0 bridgehead atoms. The van der Waals surface area contributed by atoms with E-state index in [2.05, 4.69) is 63.2 Å². The highest BCUT2D eigenvalue weighted by Gasteiger charge is 1.99. The predicted molar refractivity (Wildman–Crippen MR) is 88.8 cm³/mol. The zero-order valence-electron chi connectivity index (χ0n) is 13.5. The molecule has 0 spiro atoms. The molecule has 0 aromatic heterocycles. The lowest BCUT2D eigenvalue weighted by molar-refractivity contribution is 1.38. The second kappa shape index (κ2) is 9.38. The Hall–Kier alpha value is -1.56. The molecular formula is C19H28. The van der Waals surface area contributed by atoms with Crippen LogP contribution in [0.15, 0.2) is 42.5 Å². The summed E-state index contributed by atoms with van der Waals surface area (Å²) in [5, 5.41) is 0. The van der Waals surface area contributed by atoms with E-state index < -0.39 is 0 Å². The molecule has 0 atom stereocenters. The summed E-state index contributed by atoms with van der Waals surface area (Å²) in [6.45, 7) is 14.4. The Kier molecular flexibility index (Phi) is 8.61. The highest BCUT2D eigenvalue weighted by molar-refractivity contribution is 5.65. The largest absolute Gasteiger partial charge is 0.0683 e. The molecule has 0 N–H and O–H groups in total. The Balaban J connectivity index is 0.000000741. The predicted octanol–water partition coefficient (Wildman–Crippen LogP) is 6.33. The summed E-state index contributed by atoms with van der Waals surface area (Å²) in [5.41, 5.74) is 6.59. The summed E-state index contributed by atoms with van der Waals surface area (Å²) in [4.78, 5) is 0. The number of hydrogen-bond donors (Lipinski definition) is 0. The van der Waals surface area contributed by atoms with E-state index in [9.17, 15) is 0 Å². The van der Waals surface area contributed by atoms with Gasteiger partial charge in [0.2, 0.25) is 0 Å². The summed E-state index contributed by atoms with van der Waals surface area (Å²) in [5.74, 6) is 0.